The van der Waals surface area contributed by atoms with Crippen molar-refractivity contribution in [3.05, 3.63) is 51.6 Å². The van der Waals surface area contributed by atoms with E-state index in [0.29, 0.717) is 5.69 Å². The number of rotatable bonds is 5. The fraction of sp³-hybridized carbons (Fsp3) is 0.133. The van der Waals surface area contributed by atoms with Crippen LogP contribution in [0.25, 0.3) is 0 Å². The first-order chi connectivity index (χ1) is 10.5. The minimum Gasteiger partial charge on any atom is -0.493 e. The predicted octanol–water partition coefficient (Wildman–Crippen LogP) is 4.15. The van der Waals surface area contributed by atoms with Crippen molar-refractivity contribution in [1.29, 1.82) is 0 Å². The molecule has 0 fully saturated rings. The molecule has 116 valence electrons. The fourth-order valence-corrected chi connectivity index (χ4v) is 2.10. The van der Waals surface area contributed by atoms with Gasteiger partial charge in [-0.2, -0.15) is 8.78 Å². The van der Waals surface area contributed by atoms with Gasteiger partial charge in [0, 0.05) is 14.8 Å². The number of methoxy groups -OCH3 is 1. The summed E-state index contributed by atoms with van der Waals surface area (Å²) in [6.45, 7) is -2.96. The molecule has 0 spiro atoms. The molecule has 7 heteroatoms. The predicted molar refractivity (Wildman–Crippen MR) is 86.7 cm³/mol. The van der Waals surface area contributed by atoms with Gasteiger partial charge < -0.3 is 14.8 Å². The number of hydrogen-bond donors (Lipinski definition) is 1. The molecule has 1 N–H and O–H groups in total. The Hall–Kier alpha value is -1.90. The Morgan fingerprint density at radius 2 is 1.82 bits per heavy atom. The third kappa shape index (κ3) is 4.30. The van der Waals surface area contributed by atoms with Crippen LogP contribution in [0.2, 0.25) is 0 Å². The summed E-state index contributed by atoms with van der Waals surface area (Å²) in [5.74, 6) is -0.429. The molecule has 0 heterocycles. The van der Waals surface area contributed by atoms with Gasteiger partial charge in [-0.15, -0.1) is 0 Å². The first-order valence-corrected chi connectivity index (χ1v) is 7.27. The summed E-state index contributed by atoms with van der Waals surface area (Å²) in [6.07, 6.45) is 0. The summed E-state index contributed by atoms with van der Waals surface area (Å²) in [6, 6.07) is 11.3. The molecule has 0 aromatic heterocycles. The number of hydrogen-bond acceptors (Lipinski definition) is 3. The first-order valence-electron chi connectivity index (χ1n) is 6.19. The van der Waals surface area contributed by atoms with Gasteiger partial charge in [0.05, 0.1) is 7.11 Å². The van der Waals surface area contributed by atoms with E-state index in [-0.39, 0.29) is 23.0 Å². The van der Waals surface area contributed by atoms with Crippen LogP contribution in [0.15, 0.2) is 42.5 Å². The lowest BCUT2D eigenvalue weighted by atomic mass is 10.2. The molecule has 2 aromatic rings. The van der Waals surface area contributed by atoms with Gasteiger partial charge in [0.25, 0.3) is 5.91 Å². The van der Waals surface area contributed by atoms with Crippen LogP contribution in [0.1, 0.15) is 10.4 Å². The highest BCUT2D eigenvalue weighted by molar-refractivity contribution is 14.1. The van der Waals surface area contributed by atoms with Gasteiger partial charge in [-0.05, 0) is 65.1 Å². The fourth-order valence-electron chi connectivity index (χ4n) is 1.74. The lowest BCUT2D eigenvalue weighted by Gasteiger charge is -2.11. The lowest BCUT2D eigenvalue weighted by molar-refractivity contribution is -0.0512. The van der Waals surface area contributed by atoms with E-state index in [4.69, 9.17) is 4.74 Å². The zero-order valence-corrected chi connectivity index (χ0v) is 13.6. The molecular weight excluding hydrogens is 407 g/mol. The largest absolute Gasteiger partial charge is 0.493 e. The first kappa shape index (κ1) is 16.5. The van der Waals surface area contributed by atoms with Crippen LogP contribution < -0.4 is 14.8 Å². The van der Waals surface area contributed by atoms with Gasteiger partial charge in [-0.25, -0.2) is 0 Å². The van der Waals surface area contributed by atoms with Gasteiger partial charge in [0.15, 0.2) is 11.5 Å². The molecule has 0 saturated heterocycles. The van der Waals surface area contributed by atoms with Crippen molar-refractivity contribution in [2.45, 2.75) is 6.61 Å². The molecular formula is C15H12F2INO3. The van der Waals surface area contributed by atoms with Gasteiger partial charge in [0.1, 0.15) is 0 Å². The highest BCUT2D eigenvalue weighted by Crippen LogP contribution is 2.29. The van der Waals surface area contributed by atoms with Crippen LogP contribution in [0.4, 0.5) is 14.5 Å². The maximum Gasteiger partial charge on any atom is 0.387 e. The Morgan fingerprint density at radius 3 is 2.41 bits per heavy atom. The summed E-state index contributed by atoms with van der Waals surface area (Å²) in [4.78, 5) is 12.1. The molecule has 2 aromatic carbocycles. The molecule has 0 radical (unpaired) electrons. The zero-order chi connectivity index (χ0) is 16.1. The smallest absolute Gasteiger partial charge is 0.387 e. The van der Waals surface area contributed by atoms with E-state index < -0.39 is 6.61 Å². The van der Waals surface area contributed by atoms with Crippen LogP contribution in [-0.4, -0.2) is 19.6 Å². The Balaban J connectivity index is 2.17. The second kappa shape index (κ2) is 7.39. The lowest BCUT2D eigenvalue weighted by Crippen LogP contribution is -2.12. The summed E-state index contributed by atoms with van der Waals surface area (Å²) < 4.78 is 34.8. The molecule has 0 saturated carbocycles. The number of halogens is 3. The summed E-state index contributed by atoms with van der Waals surface area (Å²) >= 11 is 2.16. The van der Waals surface area contributed by atoms with E-state index in [9.17, 15) is 13.6 Å². The Bertz CT molecular complexity index is 662. The van der Waals surface area contributed by atoms with E-state index >= 15 is 0 Å². The second-order valence-corrected chi connectivity index (χ2v) is 5.45. The number of amides is 1. The molecule has 0 unspecified atom stereocenters. The molecule has 4 nitrogen and oxygen atoms in total. The van der Waals surface area contributed by atoms with Crippen LogP contribution in [0, 0.1) is 3.57 Å². The molecule has 22 heavy (non-hydrogen) atoms. The molecule has 0 aliphatic heterocycles. The highest BCUT2D eigenvalue weighted by atomic mass is 127. The monoisotopic (exact) mass is 419 g/mol. The third-order valence-corrected chi connectivity index (χ3v) is 3.46. The SMILES string of the molecule is COc1cc(C(=O)Nc2ccc(I)cc2)ccc1OC(F)F. The Labute approximate surface area is 139 Å². The molecule has 2 rings (SSSR count). The van der Waals surface area contributed by atoms with Crippen molar-refractivity contribution in [1.82, 2.24) is 0 Å². The van der Waals surface area contributed by atoms with Gasteiger partial charge in [-0.1, -0.05) is 0 Å². The Kier molecular flexibility index (Phi) is 5.53. The third-order valence-electron chi connectivity index (χ3n) is 2.74. The summed E-state index contributed by atoms with van der Waals surface area (Å²) in [7, 11) is 1.31. The second-order valence-electron chi connectivity index (χ2n) is 4.21. The number of carbonyl (C=O) groups is 1. The van der Waals surface area contributed by atoms with E-state index in [2.05, 4.69) is 32.6 Å². The number of carbonyl (C=O) groups excluding carboxylic acids is 1. The number of benzene rings is 2. The minimum absolute atomic E-state index is 0.0653. The van der Waals surface area contributed by atoms with Crippen molar-refractivity contribution in [2.75, 3.05) is 12.4 Å². The standard InChI is InChI=1S/C15H12F2INO3/c1-21-13-8-9(2-7-12(13)22-15(16)17)14(20)19-11-5-3-10(18)4-6-11/h2-8,15H,1H3,(H,19,20). The molecule has 0 aliphatic rings. The molecule has 1 amide bonds. The van der Waals surface area contributed by atoms with Crippen LogP contribution in [0.3, 0.4) is 0 Å². The maximum absolute atomic E-state index is 12.3. The van der Waals surface area contributed by atoms with E-state index in [1.165, 1.54) is 25.3 Å². The molecule has 0 atom stereocenters. The maximum atomic E-state index is 12.3. The van der Waals surface area contributed by atoms with Crippen LogP contribution in [-0.2, 0) is 0 Å². The van der Waals surface area contributed by atoms with Crippen molar-refractivity contribution in [2.24, 2.45) is 0 Å². The van der Waals surface area contributed by atoms with Gasteiger partial charge >= 0.3 is 6.61 Å². The van der Waals surface area contributed by atoms with E-state index in [0.717, 1.165) is 3.57 Å². The van der Waals surface area contributed by atoms with Gasteiger partial charge in [0.2, 0.25) is 0 Å². The molecule has 0 aliphatic carbocycles. The van der Waals surface area contributed by atoms with Crippen molar-refractivity contribution in [3.63, 3.8) is 0 Å². The average molecular weight is 419 g/mol. The normalized spacial score (nSPS) is 10.4. The summed E-state index contributed by atoms with van der Waals surface area (Å²) in [5, 5.41) is 2.71. The van der Waals surface area contributed by atoms with Gasteiger partial charge in [-0.3, -0.25) is 4.79 Å². The summed E-state index contributed by atoms with van der Waals surface area (Å²) in [5.41, 5.74) is 0.911. The highest BCUT2D eigenvalue weighted by Gasteiger charge is 2.14. The average Bonchev–Trinajstić information content (AvgIpc) is 2.49. The number of alkyl halides is 2. The van der Waals surface area contributed by atoms with Crippen LogP contribution in [0.5, 0.6) is 11.5 Å². The van der Waals surface area contributed by atoms with E-state index in [1.54, 1.807) is 12.1 Å². The van der Waals surface area contributed by atoms with Crippen molar-refractivity contribution < 1.29 is 23.0 Å². The topological polar surface area (TPSA) is 47.6 Å². The van der Waals surface area contributed by atoms with E-state index in [1.807, 2.05) is 12.1 Å². The van der Waals surface area contributed by atoms with Crippen LogP contribution >= 0.6 is 22.6 Å². The minimum atomic E-state index is -2.96. The van der Waals surface area contributed by atoms with Crippen molar-refractivity contribution >= 4 is 34.2 Å². The quantitative estimate of drug-likeness (QED) is 0.741. The van der Waals surface area contributed by atoms with Crippen molar-refractivity contribution in [3.8, 4) is 11.5 Å². The number of ether oxygens (including phenoxy) is 2. The zero-order valence-electron chi connectivity index (χ0n) is 11.5. The number of anilines is 1. The number of nitrogens with one attached hydrogen (secondary N) is 1. The molecule has 0 bridgehead atoms. The Morgan fingerprint density at radius 1 is 1.14 bits per heavy atom.